The van der Waals surface area contributed by atoms with Gasteiger partial charge < -0.3 is 5.73 Å². The number of nitrogens with zero attached hydrogens (tertiary/aromatic N) is 1. The number of pyridine rings is 1. The van der Waals surface area contributed by atoms with Gasteiger partial charge in [0.25, 0.3) is 0 Å². The molecule has 0 fully saturated rings. The number of para-hydroxylation sites is 1. The number of hydrogen-bond donors (Lipinski definition) is 1. The van der Waals surface area contributed by atoms with Crippen molar-refractivity contribution in [3.05, 3.63) is 60.7 Å². The topological polar surface area (TPSA) is 38.9 Å². The van der Waals surface area contributed by atoms with Crippen LogP contribution in [0.15, 0.2) is 65.7 Å². The Hall–Kier alpha value is -1.55. The second kappa shape index (κ2) is 7.36. The molecular weight excluding hydrogens is 348 g/mol. The fourth-order valence-corrected chi connectivity index (χ4v) is 3.55. The van der Waals surface area contributed by atoms with Gasteiger partial charge in [-0.2, -0.15) is 0 Å². The molecule has 0 atom stereocenters. The van der Waals surface area contributed by atoms with Crippen molar-refractivity contribution in [1.29, 1.82) is 0 Å². The quantitative estimate of drug-likeness (QED) is 0.576. The van der Waals surface area contributed by atoms with Gasteiger partial charge in [0.15, 0.2) is 0 Å². The van der Waals surface area contributed by atoms with Gasteiger partial charge in [-0.25, -0.2) is 4.98 Å². The molecule has 25 heavy (non-hydrogen) atoms. The predicted octanol–water partition coefficient (Wildman–Crippen LogP) is 5.93. The molecule has 132 valence electrons. The van der Waals surface area contributed by atoms with E-state index in [1.54, 1.807) is 11.8 Å². The molecule has 0 aliphatic carbocycles. The summed E-state index contributed by atoms with van der Waals surface area (Å²) >= 11 is 1.75. The molecule has 3 aromatic rings. The van der Waals surface area contributed by atoms with E-state index >= 15 is 0 Å². The molecule has 0 unspecified atom stereocenters. The van der Waals surface area contributed by atoms with E-state index in [0.29, 0.717) is 0 Å². The Balaban J connectivity index is 0.00000225. The van der Waals surface area contributed by atoms with Gasteiger partial charge >= 0.3 is 0 Å². The fraction of sp³-hybridized carbons (Fsp3) is 0.286. The summed E-state index contributed by atoms with van der Waals surface area (Å²) < 4.78 is -0.147. The molecule has 2 aromatic carbocycles. The summed E-state index contributed by atoms with van der Waals surface area (Å²) in [5.74, 6) is 0. The number of nitrogens with two attached hydrogens (primary N) is 1. The molecule has 3 rings (SSSR count). The summed E-state index contributed by atoms with van der Waals surface area (Å²) in [4.78, 5) is 4.96. The van der Waals surface area contributed by atoms with Crippen molar-refractivity contribution in [2.24, 2.45) is 5.73 Å². The average molecular weight is 373 g/mol. The Labute approximate surface area is 160 Å². The van der Waals surface area contributed by atoms with Gasteiger partial charge in [0.2, 0.25) is 0 Å². The van der Waals surface area contributed by atoms with Gasteiger partial charge in [-0.1, -0.05) is 60.3 Å². The van der Waals surface area contributed by atoms with Crippen LogP contribution in [-0.2, 0) is 0 Å². The zero-order chi connectivity index (χ0) is 17.4. The van der Waals surface area contributed by atoms with Crippen molar-refractivity contribution in [3.8, 4) is 11.1 Å². The van der Waals surface area contributed by atoms with E-state index in [1.165, 1.54) is 5.56 Å². The maximum Gasteiger partial charge on any atom is 0.105 e. The van der Waals surface area contributed by atoms with Crippen LogP contribution in [0.4, 0.5) is 0 Å². The SMILES string of the molecule is CC(C)(N)C(C)(C)Sc1nc2ccccc2cc1-c1ccccc1.Cl. The highest BCUT2D eigenvalue weighted by atomic mass is 35.5. The van der Waals surface area contributed by atoms with E-state index in [0.717, 1.165) is 21.5 Å². The molecule has 0 amide bonds. The van der Waals surface area contributed by atoms with Gasteiger partial charge in [-0.05, 0) is 45.4 Å². The van der Waals surface area contributed by atoms with Crippen molar-refractivity contribution in [2.45, 2.75) is 43.0 Å². The summed E-state index contributed by atoms with van der Waals surface area (Å²) in [6.07, 6.45) is 0. The molecule has 0 aliphatic heterocycles. The first kappa shape index (κ1) is 19.8. The molecule has 0 bridgehead atoms. The molecule has 0 radical (unpaired) electrons. The molecule has 1 heterocycles. The van der Waals surface area contributed by atoms with Crippen LogP contribution in [0.3, 0.4) is 0 Å². The summed E-state index contributed by atoms with van der Waals surface area (Å²) in [6.45, 7) is 8.51. The number of thioether (sulfide) groups is 1. The van der Waals surface area contributed by atoms with Crippen LogP contribution in [-0.4, -0.2) is 15.3 Å². The second-order valence-corrected chi connectivity index (χ2v) is 8.85. The number of rotatable bonds is 4. The Morgan fingerprint density at radius 3 is 2.12 bits per heavy atom. The molecule has 0 spiro atoms. The number of halogens is 1. The van der Waals surface area contributed by atoms with E-state index in [4.69, 9.17) is 10.7 Å². The van der Waals surface area contributed by atoms with Crippen molar-refractivity contribution < 1.29 is 0 Å². The highest BCUT2D eigenvalue weighted by Crippen LogP contribution is 2.43. The predicted molar refractivity (Wildman–Crippen MR) is 113 cm³/mol. The van der Waals surface area contributed by atoms with Crippen molar-refractivity contribution in [3.63, 3.8) is 0 Å². The minimum atomic E-state index is -0.320. The Morgan fingerprint density at radius 1 is 0.880 bits per heavy atom. The molecule has 2 nitrogen and oxygen atoms in total. The minimum Gasteiger partial charge on any atom is -0.324 e. The standard InChI is InChI=1S/C21H24N2S.ClH/c1-20(2,22)21(3,4)24-19-17(15-10-6-5-7-11-15)14-16-12-8-9-13-18(16)23-19;/h5-14H,22H2,1-4H3;1H. The summed E-state index contributed by atoms with van der Waals surface area (Å²) in [6, 6.07) is 20.9. The monoisotopic (exact) mass is 372 g/mol. The molecule has 2 N–H and O–H groups in total. The van der Waals surface area contributed by atoms with Crippen LogP contribution in [0.1, 0.15) is 27.7 Å². The van der Waals surface area contributed by atoms with E-state index in [-0.39, 0.29) is 22.7 Å². The first-order chi connectivity index (χ1) is 11.3. The lowest BCUT2D eigenvalue weighted by Gasteiger charge is -2.38. The number of fused-ring (bicyclic) bond motifs is 1. The summed E-state index contributed by atoms with van der Waals surface area (Å²) in [7, 11) is 0. The van der Waals surface area contributed by atoms with Crippen molar-refractivity contribution in [1.82, 2.24) is 4.98 Å². The normalized spacial score (nSPS) is 12.0. The fourth-order valence-electron chi connectivity index (χ4n) is 2.37. The third-order valence-electron chi connectivity index (χ3n) is 4.68. The first-order valence-electron chi connectivity index (χ1n) is 8.21. The molecule has 0 saturated heterocycles. The van der Waals surface area contributed by atoms with E-state index < -0.39 is 0 Å². The Bertz CT molecular complexity index is 855. The van der Waals surface area contributed by atoms with Crippen molar-refractivity contribution >= 4 is 35.1 Å². The Kier molecular flexibility index (Phi) is 5.82. The van der Waals surface area contributed by atoms with Crippen molar-refractivity contribution in [2.75, 3.05) is 0 Å². The first-order valence-corrected chi connectivity index (χ1v) is 9.03. The summed E-state index contributed by atoms with van der Waals surface area (Å²) in [5, 5.41) is 2.19. The second-order valence-electron chi connectivity index (χ2n) is 7.23. The van der Waals surface area contributed by atoms with Crippen LogP contribution in [0.2, 0.25) is 0 Å². The third kappa shape index (κ3) is 4.17. The maximum atomic E-state index is 6.41. The number of aromatic nitrogens is 1. The molecule has 0 aliphatic rings. The molecular formula is C21H25ClN2S. The molecule has 4 heteroatoms. The van der Waals surface area contributed by atoms with E-state index in [2.05, 4.69) is 76.2 Å². The van der Waals surface area contributed by atoms with Gasteiger partial charge in [-0.15, -0.1) is 12.4 Å². The van der Waals surface area contributed by atoms with Gasteiger partial charge in [0, 0.05) is 21.2 Å². The highest BCUT2D eigenvalue weighted by molar-refractivity contribution is 8.00. The Morgan fingerprint density at radius 2 is 1.48 bits per heavy atom. The van der Waals surface area contributed by atoms with Gasteiger partial charge in [0.05, 0.1) is 5.52 Å². The van der Waals surface area contributed by atoms with E-state index in [9.17, 15) is 0 Å². The molecule has 1 aromatic heterocycles. The summed E-state index contributed by atoms with van der Waals surface area (Å²) in [5.41, 5.74) is 9.46. The lowest BCUT2D eigenvalue weighted by molar-refractivity contribution is 0.412. The molecule has 0 saturated carbocycles. The maximum absolute atomic E-state index is 6.41. The zero-order valence-corrected chi connectivity index (χ0v) is 16.7. The highest BCUT2D eigenvalue weighted by Gasteiger charge is 2.35. The third-order valence-corrected chi connectivity index (χ3v) is 6.22. The largest absolute Gasteiger partial charge is 0.324 e. The minimum absolute atomic E-state index is 0. The number of hydrogen-bond acceptors (Lipinski definition) is 3. The van der Waals surface area contributed by atoms with E-state index in [1.807, 2.05) is 12.1 Å². The van der Waals surface area contributed by atoms with Crippen LogP contribution in [0.25, 0.3) is 22.0 Å². The van der Waals surface area contributed by atoms with Crippen LogP contribution >= 0.6 is 24.2 Å². The lowest BCUT2D eigenvalue weighted by Crippen LogP contribution is -2.50. The number of benzene rings is 2. The van der Waals surface area contributed by atoms with Crippen LogP contribution in [0, 0.1) is 0 Å². The van der Waals surface area contributed by atoms with Crippen LogP contribution in [0.5, 0.6) is 0 Å². The van der Waals surface area contributed by atoms with Gasteiger partial charge in [0.1, 0.15) is 5.03 Å². The zero-order valence-electron chi connectivity index (χ0n) is 15.1. The van der Waals surface area contributed by atoms with Crippen LogP contribution < -0.4 is 5.73 Å². The van der Waals surface area contributed by atoms with Gasteiger partial charge in [-0.3, -0.25) is 0 Å². The lowest BCUT2D eigenvalue weighted by atomic mass is 9.91. The smallest absolute Gasteiger partial charge is 0.105 e. The average Bonchev–Trinajstić information content (AvgIpc) is 2.53.